The number of hydrogen-bond acceptors (Lipinski definition) is 2. The fourth-order valence-electron chi connectivity index (χ4n) is 2.18. The summed E-state index contributed by atoms with van der Waals surface area (Å²) in [5.41, 5.74) is 6.20. The highest BCUT2D eigenvalue weighted by Gasteiger charge is 2.26. The Hall–Kier alpha value is -1.28. The number of benzene rings is 1. The molecule has 1 unspecified atom stereocenters. The SMILES string of the molecule is C1=CC2c3ccccc3CCN2N1. The van der Waals surface area contributed by atoms with Crippen molar-refractivity contribution in [2.75, 3.05) is 6.54 Å². The summed E-state index contributed by atoms with van der Waals surface area (Å²) in [6.45, 7) is 1.11. The molecule has 1 atom stereocenters. The summed E-state index contributed by atoms with van der Waals surface area (Å²) >= 11 is 0. The lowest BCUT2D eigenvalue weighted by Gasteiger charge is -2.31. The van der Waals surface area contributed by atoms with E-state index in [9.17, 15) is 0 Å². The quantitative estimate of drug-likeness (QED) is 0.639. The first-order valence-electron chi connectivity index (χ1n) is 4.72. The van der Waals surface area contributed by atoms with Gasteiger partial charge in [0.25, 0.3) is 0 Å². The Morgan fingerprint density at radius 2 is 2.23 bits per heavy atom. The van der Waals surface area contributed by atoms with Crippen LogP contribution in [0.4, 0.5) is 0 Å². The van der Waals surface area contributed by atoms with Crippen molar-refractivity contribution in [3.05, 3.63) is 47.7 Å². The Morgan fingerprint density at radius 1 is 1.31 bits per heavy atom. The second-order valence-corrected chi connectivity index (χ2v) is 3.58. The van der Waals surface area contributed by atoms with Crippen molar-refractivity contribution in [3.63, 3.8) is 0 Å². The molecule has 2 heterocycles. The molecule has 2 heteroatoms. The van der Waals surface area contributed by atoms with Gasteiger partial charge in [-0.2, -0.15) is 0 Å². The Morgan fingerprint density at radius 3 is 3.23 bits per heavy atom. The molecule has 0 aliphatic carbocycles. The zero-order chi connectivity index (χ0) is 8.67. The smallest absolute Gasteiger partial charge is 0.0741 e. The minimum absolute atomic E-state index is 0.463. The van der Waals surface area contributed by atoms with Crippen LogP contribution in [0.1, 0.15) is 17.2 Å². The van der Waals surface area contributed by atoms with Crippen LogP contribution in [0.2, 0.25) is 0 Å². The van der Waals surface area contributed by atoms with Gasteiger partial charge in [0.05, 0.1) is 6.04 Å². The maximum absolute atomic E-state index is 3.25. The number of rotatable bonds is 0. The van der Waals surface area contributed by atoms with Gasteiger partial charge in [-0.15, -0.1) is 0 Å². The first kappa shape index (κ1) is 7.15. The lowest BCUT2D eigenvalue weighted by atomic mass is 9.94. The zero-order valence-corrected chi connectivity index (χ0v) is 7.40. The van der Waals surface area contributed by atoms with Crippen LogP contribution < -0.4 is 5.43 Å². The average Bonchev–Trinajstić information content (AvgIpc) is 2.65. The Bertz CT molecular complexity index is 357. The largest absolute Gasteiger partial charge is 0.326 e. The lowest BCUT2D eigenvalue weighted by Crippen LogP contribution is -2.37. The fourth-order valence-corrected chi connectivity index (χ4v) is 2.18. The van der Waals surface area contributed by atoms with Gasteiger partial charge in [-0.05, 0) is 23.6 Å². The lowest BCUT2D eigenvalue weighted by molar-refractivity contribution is 0.191. The molecule has 1 aromatic carbocycles. The van der Waals surface area contributed by atoms with Crippen molar-refractivity contribution < 1.29 is 0 Å². The van der Waals surface area contributed by atoms with Crippen LogP contribution >= 0.6 is 0 Å². The molecular formula is C11H12N2. The van der Waals surface area contributed by atoms with Crippen LogP contribution in [-0.4, -0.2) is 11.6 Å². The Kier molecular flexibility index (Phi) is 1.43. The number of hydrogen-bond donors (Lipinski definition) is 1. The summed E-state index contributed by atoms with van der Waals surface area (Å²) < 4.78 is 0. The highest BCUT2D eigenvalue weighted by atomic mass is 15.5. The highest BCUT2D eigenvalue weighted by molar-refractivity contribution is 5.35. The molecule has 0 aromatic heterocycles. The van der Waals surface area contributed by atoms with Gasteiger partial charge in [0.1, 0.15) is 0 Å². The van der Waals surface area contributed by atoms with E-state index in [2.05, 4.69) is 40.8 Å². The van der Waals surface area contributed by atoms with E-state index in [0.29, 0.717) is 6.04 Å². The van der Waals surface area contributed by atoms with Crippen molar-refractivity contribution in [2.45, 2.75) is 12.5 Å². The van der Waals surface area contributed by atoms with E-state index in [-0.39, 0.29) is 0 Å². The standard InChI is InChI=1S/C11H12N2/c1-2-4-10-9(3-1)6-8-13-11(10)5-7-12-13/h1-5,7,11-12H,6,8H2. The summed E-state index contributed by atoms with van der Waals surface area (Å²) in [5, 5.41) is 2.28. The van der Waals surface area contributed by atoms with Crippen molar-refractivity contribution >= 4 is 0 Å². The minimum Gasteiger partial charge on any atom is -0.326 e. The van der Waals surface area contributed by atoms with E-state index >= 15 is 0 Å². The van der Waals surface area contributed by atoms with E-state index in [1.165, 1.54) is 11.1 Å². The number of fused-ring (bicyclic) bond motifs is 3. The summed E-state index contributed by atoms with van der Waals surface area (Å²) in [7, 11) is 0. The van der Waals surface area contributed by atoms with E-state index in [0.717, 1.165) is 13.0 Å². The summed E-state index contributed by atoms with van der Waals surface area (Å²) in [5.74, 6) is 0. The van der Waals surface area contributed by atoms with Gasteiger partial charge in [-0.25, -0.2) is 5.01 Å². The number of hydrazine groups is 1. The van der Waals surface area contributed by atoms with E-state index < -0.39 is 0 Å². The maximum atomic E-state index is 3.25. The molecule has 0 spiro atoms. The van der Waals surface area contributed by atoms with E-state index in [1.807, 2.05) is 6.20 Å². The maximum Gasteiger partial charge on any atom is 0.0741 e. The van der Waals surface area contributed by atoms with Gasteiger partial charge in [0, 0.05) is 12.7 Å². The average molecular weight is 172 g/mol. The van der Waals surface area contributed by atoms with Gasteiger partial charge >= 0.3 is 0 Å². The van der Waals surface area contributed by atoms with Gasteiger partial charge < -0.3 is 5.43 Å². The van der Waals surface area contributed by atoms with Crippen molar-refractivity contribution in [2.24, 2.45) is 0 Å². The summed E-state index contributed by atoms with van der Waals surface area (Å²) in [6.07, 6.45) is 5.41. The third kappa shape index (κ3) is 0.988. The van der Waals surface area contributed by atoms with Gasteiger partial charge in [0.2, 0.25) is 0 Å². The first-order chi connectivity index (χ1) is 6.45. The third-order valence-corrected chi connectivity index (χ3v) is 2.85. The molecule has 1 aromatic rings. The topological polar surface area (TPSA) is 15.3 Å². The van der Waals surface area contributed by atoms with Crippen molar-refractivity contribution in [3.8, 4) is 0 Å². The normalized spacial score (nSPS) is 25.1. The molecule has 0 fully saturated rings. The Balaban J connectivity index is 2.10. The summed E-state index contributed by atoms with van der Waals surface area (Å²) in [6, 6.07) is 9.17. The molecule has 0 saturated heterocycles. The van der Waals surface area contributed by atoms with Gasteiger partial charge in [-0.3, -0.25) is 0 Å². The van der Waals surface area contributed by atoms with Crippen molar-refractivity contribution in [1.82, 2.24) is 10.4 Å². The van der Waals surface area contributed by atoms with Gasteiger partial charge in [0.15, 0.2) is 0 Å². The molecule has 0 amide bonds. The predicted octanol–water partition coefficient (Wildman–Crippen LogP) is 1.62. The van der Waals surface area contributed by atoms with Crippen LogP contribution in [0.25, 0.3) is 0 Å². The molecule has 0 saturated carbocycles. The van der Waals surface area contributed by atoms with Gasteiger partial charge in [-0.1, -0.05) is 24.3 Å². The van der Waals surface area contributed by atoms with E-state index in [1.54, 1.807) is 0 Å². The van der Waals surface area contributed by atoms with Crippen LogP contribution in [0.15, 0.2) is 36.5 Å². The second-order valence-electron chi connectivity index (χ2n) is 3.58. The fraction of sp³-hybridized carbons (Fsp3) is 0.273. The molecule has 2 nitrogen and oxygen atoms in total. The molecule has 2 aliphatic heterocycles. The zero-order valence-electron chi connectivity index (χ0n) is 7.40. The molecule has 3 rings (SSSR count). The molecule has 1 N–H and O–H groups in total. The van der Waals surface area contributed by atoms with Crippen LogP contribution in [0, 0.1) is 0 Å². The molecule has 2 aliphatic rings. The molecule has 66 valence electrons. The molecule has 0 radical (unpaired) electrons. The second kappa shape index (κ2) is 2.60. The third-order valence-electron chi connectivity index (χ3n) is 2.85. The van der Waals surface area contributed by atoms with Crippen LogP contribution in [0.3, 0.4) is 0 Å². The van der Waals surface area contributed by atoms with Crippen LogP contribution in [0.5, 0.6) is 0 Å². The number of nitrogens with one attached hydrogen (secondary N) is 1. The van der Waals surface area contributed by atoms with Crippen LogP contribution in [-0.2, 0) is 6.42 Å². The summed E-state index contributed by atoms with van der Waals surface area (Å²) in [4.78, 5) is 0. The van der Waals surface area contributed by atoms with Crippen molar-refractivity contribution in [1.29, 1.82) is 0 Å². The highest BCUT2D eigenvalue weighted by Crippen LogP contribution is 2.31. The molecular weight excluding hydrogens is 160 g/mol. The minimum atomic E-state index is 0.463. The Labute approximate surface area is 77.8 Å². The number of nitrogens with zero attached hydrogens (tertiary/aromatic N) is 1. The predicted molar refractivity (Wildman–Crippen MR) is 51.9 cm³/mol. The molecule has 13 heavy (non-hydrogen) atoms. The first-order valence-corrected chi connectivity index (χ1v) is 4.72. The monoisotopic (exact) mass is 172 g/mol. The van der Waals surface area contributed by atoms with E-state index in [4.69, 9.17) is 0 Å². The molecule has 0 bridgehead atoms.